The largest absolute Gasteiger partial charge is 0.508 e. The van der Waals surface area contributed by atoms with Crippen molar-refractivity contribution >= 4 is 5.91 Å². The summed E-state index contributed by atoms with van der Waals surface area (Å²) in [5, 5.41) is 9.50. The van der Waals surface area contributed by atoms with Gasteiger partial charge in [0.05, 0.1) is 13.0 Å². The summed E-state index contributed by atoms with van der Waals surface area (Å²) in [6, 6.07) is 14.1. The van der Waals surface area contributed by atoms with Crippen molar-refractivity contribution in [1.82, 2.24) is 0 Å². The molecule has 0 radical (unpaired) electrons. The number of phenols is 1. The molecule has 3 N–H and O–H groups in total. The van der Waals surface area contributed by atoms with Crippen LogP contribution in [-0.2, 0) is 11.2 Å². The molecule has 0 saturated carbocycles. The zero-order valence-electron chi connectivity index (χ0n) is 11.2. The van der Waals surface area contributed by atoms with Crippen LogP contribution >= 0.6 is 0 Å². The van der Waals surface area contributed by atoms with Crippen LogP contribution in [0.3, 0.4) is 0 Å². The van der Waals surface area contributed by atoms with Gasteiger partial charge in [0.2, 0.25) is 5.91 Å². The predicted molar refractivity (Wildman–Crippen MR) is 76.7 cm³/mol. The van der Waals surface area contributed by atoms with Crippen LogP contribution in [0, 0.1) is 0 Å². The molecule has 1 atom stereocenters. The SMILES string of the molecule is COc1ccccc1C(Cc1cccc(O)c1)C(N)=O. The number of aromatic hydroxyl groups is 1. The Balaban J connectivity index is 2.34. The summed E-state index contributed by atoms with van der Waals surface area (Å²) in [4.78, 5) is 11.8. The first kappa shape index (κ1) is 13.9. The van der Waals surface area contributed by atoms with E-state index >= 15 is 0 Å². The lowest BCUT2D eigenvalue weighted by Gasteiger charge is -2.17. The van der Waals surface area contributed by atoms with Crippen LogP contribution in [0.2, 0.25) is 0 Å². The van der Waals surface area contributed by atoms with Gasteiger partial charge in [-0.05, 0) is 30.2 Å². The number of benzene rings is 2. The fourth-order valence-corrected chi connectivity index (χ4v) is 2.24. The van der Waals surface area contributed by atoms with Crippen molar-refractivity contribution in [2.45, 2.75) is 12.3 Å². The second-order valence-corrected chi connectivity index (χ2v) is 4.57. The predicted octanol–water partition coefficient (Wildman–Crippen LogP) is 2.21. The van der Waals surface area contributed by atoms with Gasteiger partial charge in [-0.1, -0.05) is 30.3 Å². The molecule has 0 aliphatic rings. The van der Waals surface area contributed by atoms with E-state index in [-0.39, 0.29) is 5.75 Å². The summed E-state index contributed by atoms with van der Waals surface area (Å²) >= 11 is 0. The number of ether oxygens (including phenoxy) is 1. The van der Waals surface area contributed by atoms with Gasteiger partial charge in [0.15, 0.2) is 0 Å². The first-order valence-corrected chi connectivity index (χ1v) is 6.32. The van der Waals surface area contributed by atoms with Gasteiger partial charge in [-0.2, -0.15) is 0 Å². The Morgan fingerprint density at radius 3 is 2.65 bits per heavy atom. The summed E-state index contributed by atoms with van der Waals surface area (Å²) in [6.07, 6.45) is 0.421. The summed E-state index contributed by atoms with van der Waals surface area (Å²) in [5.74, 6) is -0.104. The quantitative estimate of drug-likeness (QED) is 0.875. The zero-order valence-corrected chi connectivity index (χ0v) is 11.2. The minimum atomic E-state index is -0.493. The van der Waals surface area contributed by atoms with Crippen molar-refractivity contribution in [3.63, 3.8) is 0 Å². The van der Waals surface area contributed by atoms with Crippen molar-refractivity contribution in [3.8, 4) is 11.5 Å². The third-order valence-electron chi connectivity index (χ3n) is 3.21. The molecule has 4 heteroatoms. The van der Waals surface area contributed by atoms with E-state index in [1.807, 2.05) is 24.3 Å². The number of hydrogen-bond acceptors (Lipinski definition) is 3. The van der Waals surface area contributed by atoms with E-state index in [0.717, 1.165) is 11.1 Å². The molecule has 0 aliphatic heterocycles. The molecule has 0 fully saturated rings. The minimum absolute atomic E-state index is 0.172. The number of methoxy groups -OCH3 is 1. The van der Waals surface area contributed by atoms with Gasteiger partial charge in [-0.3, -0.25) is 4.79 Å². The van der Waals surface area contributed by atoms with Crippen LogP contribution in [0.4, 0.5) is 0 Å². The van der Waals surface area contributed by atoms with Crippen molar-refractivity contribution in [3.05, 3.63) is 59.7 Å². The first-order valence-electron chi connectivity index (χ1n) is 6.32. The van der Waals surface area contributed by atoms with Gasteiger partial charge >= 0.3 is 0 Å². The van der Waals surface area contributed by atoms with Gasteiger partial charge in [-0.25, -0.2) is 0 Å². The van der Waals surface area contributed by atoms with Crippen molar-refractivity contribution in [2.24, 2.45) is 5.73 Å². The molecule has 2 aromatic carbocycles. The van der Waals surface area contributed by atoms with Crippen molar-refractivity contribution < 1.29 is 14.6 Å². The maximum Gasteiger partial charge on any atom is 0.225 e. The minimum Gasteiger partial charge on any atom is -0.508 e. The smallest absolute Gasteiger partial charge is 0.225 e. The Morgan fingerprint density at radius 2 is 2.00 bits per heavy atom. The molecule has 0 heterocycles. The van der Waals surface area contributed by atoms with Crippen molar-refractivity contribution in [2.75, 3.05) is 7.11 Å². The number of rotatable bonds is 5. The fourth-order valence-electron chi connectivity index (χ4n) is 2.24. The second kappa shape index (κ2) is 6.10. The molecular formula is C16H17NO3. The van der Waals surface area contributed by atoms with E-state index in [9.17, 15) is 9.90 Å². The molecule has 2 aromatic rings. The van der Waals surface area contributed by atoms with Crippen LogP contribution in [0.1, 0.15) is 17.0 Å². The third kappa shape index (κ3) is 3.09. The topological polar surface area (TPSA) is 72.6 Å². The lowest BCUT2D eigenvalue weighted by atomic mass is 9.90. The molecule has 104 valence electrons. The van der Waals surface area contributed by atoms with Gasteiger partial charge in [0.25, 0.3) is 0 Å². The average Bonchev–Trinajstić information content (AvgIpc) is 2.44. The number of hydrogen-bond donors (Lipinski definition) is 2. The van der Waals surface area contributed by atoms with Gasteiger partial charge in [0, 0.05) is 5.56 Å². The summed E-state index contributed by atoms with van der Waals surface area (Å²) in [5.41, 5.74) is 7.12. The van der Waals surface area contributed by atoms with E-state index in [2.05, 4.69) is 0 Å². The number of carbonyl (C=O) groups is 1. The van der Waals surface area contributed by atoms with Gasteiger partial charge in [0.1, 0.15) is 11.5 Å². The molecule has 4 nitrogen and oxygen atoms in total. The van der Waals surface area contributed by atoms with Gasteiger partial charge in [-0.15, -0.1) is 0 Å². The Hall–Kier alpha value is -2.49. The Kier molecular flexibility index (Phi) is 4.25. The average molecular weight is 271 g/mol. The fraction of sp³-hybridized carbons (Fsp3) is 0.188. The number of para-hydroxylation sites is 1. The molecule has 0 aromatic heterocycles. The number of amides is 1. The van der Waals surface area contributed by atoms with Crippen LogP contribution < -0.4 is 10.5 Å². The normalized spacial score (nSPS) is 11.8. The lowest BCUT2D eigenvalue weighted by Crippen LogP contribution is -2.23. The standard InChI is InChI=1S/C16H17NO3/c1-20-15-8-3-2-7-13(15)14(16(17)19)10-11-5-4-6-12(18)9-11/h2-9,14,18H,10H2,1H3,(H2,17,19). The second-order valence-electron chi connectivity index (χ2n) is 4.57. The van der Waals surface area contributed by atoms with E-state index in [4.69, 9.17) is 10.5 Å². The summed E-state index contributed by atoms with van der Waals surface area (Å²) in [6.45, 7) is 0. The highest BCUT2D eigenvalue weighted by molar-refractivity contribution is 5.83. The maximum absolute atomic E-state index is 11.8. The number of nitrogens with two attached hydrogens (primary N) is 1. The Labute approximate surface area is 117 Å². The maximum atomic E-state index is 11.8. The number of primary amides is 1. The van der Waals surface area contributed by atoms with Crippen LogP contribution in [-0.4, -0.2) is 18.1 Å². The van der Waals surface area contributed by atoms with Crippen LogP contribution in [0.25, 0.3) is 0 Å². The Bertz CT molecular complexity index is 610. The lowest BCUT2D eigenvalue weighted by molar-refractivity contribution is -0.119. The number of carbonyl (C=O) groups excluding carboxylic acids is 1. The van der Waals surface area contributed by atoms with Crippen LogP contribution in [0.15, 0.2) is 48.5 Å². The van der Waals surface area contributed by atoms with Crippen molar-refractivity contribution in [1.29, 1.82) is 0 Å². The van der Waals surface area contributed by atoms with Crippen LogP contribution in [0.5, 0.6) is 11.5 Å². The summed E-state index contributed by atoms with van der Waals surface area (Å²) < 4.78 is 5.28. The molecular weight excluding hydrogens is 254 g/mol. The molecule has 0 spiro atoms. The van der Waals surface area contributed by atoms with E-state index in [1.165, 1.54) is 0 Å². The Morgan fingerprint density at radius 1 is 1.25 bits per heavy atom. The molecule has 0 saturated heterocycles. The molecule has 1 unspecified atom stereocenters. The highest BCUT2D eigenvalue weighted by Gasteiger charge is 2.21. The molecule has 20 heavy (non-hydrogen) atoms. The van der Waals surface area contributed by atoms with Gasteiger partial charge < -0.3 is 15.6 Å². The molecule has 0 aliphatic carbocycles. The molecule has 2 rings (SSSR count). The number of phenolic OH excluding ortho intramolecular Hbond substituents is 1. The third-order valence-corrected chi connectivity index (χ3v) is 3.21. The summed E-state index contributed by atoms with van der Waals surface area (Å²) in [7, 11) is 1.56. The highest BCUT2D eigenvalue weighted by Crippen LogP contribution is 2.29. The highest BCUT2D eigenvalue weighted by atomic mass is 16.5. The molecule has 0 bridgehead atoms. The zero-order chi connectivity index (χ0) is 14.5. The van der Waals surface area contributed by atoms with E-state index in [1.54, 1.807) is 31.4 Å². The first-order chi connectivity index (χ1) is 9.61. The van der Waals surface area contributed by atoms with E-state index < -0.39 is 11.8 Å². The monoisotopic (exact) mass is 271 g/mol. The molecule has 1 amide bonds. The van der Waals surface area contributed by atoms with E-state index in [0.29, 0.717) is 12.2 Å².